The zero-order valence-corrected chi connectivity index (χ0v) is 8.86. The lowest BCUT2D eigenvalue weighted by atomic mass is 10.1. The van der Waals surface area contributed by atoms with Crippen molar-refractivity contribution in [2.75, 3.05) is 18.5 Å². The van der Waals surface area contributed by atoms with E-state index in [4.69, 9.17) is 4.74 Å². The second-order valence-electron chi connectivity index (χ2n) is 3.91. The van der Waals surface area contributed by atoms with E-state index < -0.39 is 0 Å². The van der Waals surface area contributed by atoms with E-state index in [2.05, 4.69) is 25.3 Å². The molecule has 16 heavy (non-hydrogen) atoms. The fraction of sp³-hybridized carbons (Fsp3) is 0.500. The number of nitrogens with one attached hydrogen (secondary N) is 3. The van der Waals surface area contributed by atoms with Crippen LogP contribution in [0.15, 0.2) is 12.7 Å². The first-order valence-corrected chi connectivity index (χ1v) is 5.47. The molecule has 0 amide bonds. The van der Waals surface area contributed by atoms with Crippen molar-refractivity contribution in [2.45, 2.75) is 18.9 Å². The Morgan fingerprint density at radius 2 is 2.25 bits per heavy atom. The van der Waals surface area contributed by atoms with Crippen LogP contribution in [0, 0.1) is 0 Å². The van der Waals surface area contributed by atoms with E-state index in [0.717, 1.165) is 43.0 Å². The van der Waals surface area contributed by atoms with E-state index in [0.29, 0.717) is 6.04 Å². The van der Waals surface area contributed by atoms with Crippen molar-refractivity contribution in [3.8, 4) is 0 Å². The summed E-state index contributed by atoms with van der Waals surface area (Å²) < 4.78 is 5.33. The third-order valence-corrected chi connectivity index (χ3v) is 2.83. The molecule has 6 nitrogen and oxygen atoms in total. The Labute approximate surface area is 92.5 Å². The normalized spacial score (nSPS) is 17.8. The van der Waals surface area contributed by atoms with E-state index in [1.807, 2.05) is 0 Å². The maximum absolute atomic E-state index is 5.33. The molecule has 1 saturated heterocycles. The fourth-order valence-corrected chi connectivity index (χ4v) is 1.96. The van der Waals surface area contributed by atoms with Gasteiger partial charge < -0.3 is 15.0 Å². The van der Waals surface area contributed by atoms with Crippen LogP contribution in [-0.4, -0.2) is 34.2 Å². The molecule has 0 aliphatic carbocycles. The number of anilines is 1. The van der Waals surface area contributed by atoms with Gasteiger partial charge in [0.05, 0.1) is 12.4 Å². The molecule has 1 aliphatic rings. The van der Waals surface area contributed by atoms with Crippen molar-refractivity contribution >= 4 is 17.0 Å². The SMILES string of the molecule is c1nc2nc[nH+]c(NC3CCOCC3)c2[nH]1. The first-order valence-electron chi connectivity index (χ1n) is 5.47. The fourth-order valence-electron chi connectivity index (χ4n) is 1.96. The predicted molar refractivity (Wildman–Crippen MR) is 57.9 cm³/mol. The van der Waals surface area contributed by atoms with Gasteiger partial charge in [0.1, 0.15) is 0 Å². The monoisotopic (exact) mass is 220 g/mol. The lowest BCUT2D eigenvalue weighted by Gasteiger charge is -2.20. The van der Waals surface area contributed by atoms with Gasteiger partial charge in [-0.15, -0.1) is 0 Å². The van der Waals surface area contributed by atoms with Crippen molar-refractivity contribution in [1.29, 1.82) is 0 Å². The van der Waals surface area contributed by atoms with Gasteiger partial charge in [0.2, 0.25) is 12.1 Å². The molecule has 0 saturated carbocycles. The third-order valence-electron chi connectivity index (χ3n) is 2.83. The summed E-state index contributed by atoms with van der Waals surface area (Å²) in [6.07, 6.45) is 5.38. The molecule has 0 atom stereocenters. The molecule has 1 aliphatic heterocycles. The smallest absolute Gasteiger partial charge is 0.260 e. The van der Waals surface area contributed by atoms with Gasteiger partial charge in [-0.1, -0.05) is 4.98 Å². The summed E-state index contributed by atoms with van der Waals surface area (Å²) in [7, 11) is 0. The number of aromatic amines is 2. The van der Waals surface area contributed by atoms with Gasteiger partial charge in [0, 0.05) is 26.1 Å². The summed E-state index contributed by atoms with van der Waals surface area (Å²) in [4.78, 5) is 14.4. The Balaban J connectivity index is 1.85. The Bertz CT molecular complexity index is 477. The quantitative estimate of drug-likeness (QED) is 0.766. The van der Waals surface area contributed by atoms with Gasteiger partial charge in [-0.25, -0.2) is 9.97 Å². The number of hydrogen-bond acceptors (Lipinski definition) is 4. The lowest BCUT2D eigenvalue weighted by Crippen LogP contribution is -2.30. The van der Waals surface area contributed by atoms with Crippen molar-refractivity contribution in [1.82, 2.24) is 15.0 Å². The van der Waals surface area contributed by atoms with Gasteiger partial charge in [-0.2, -0.15) is 0 Å². The number of aromatic nitrogens is 4. The van der Waals surface area contributed by atoms with Crippen LogP contribution in [-0.2, 0) is 4.74 Å². The number of ether oxygens (including phenoxy) is 1. The minimum Gasteiger partial charge on any atom is -0.381 e. The Kier molecular flexibility index (Phi) is 2.41. The van der Waals surface area contributed by atoms with Gasteiger partial charge >= 0.3 is 0 Å². The molecule has 3 heterocycles. The van der Waals surface area contributed by atoms with E-state index >= 15 is 0 Å². The standard InChI is InChI=1S/C10H13N5O/c1-3-16-4-2-7(1)15-10-8-9(12-5-11-8)13-6-14-10/h5-7H,1-4H2,(H2,11,12,13,14,15)/p+1. The Morgan fingerprint density at radius 3 is 3.12 bits per heavy atom. The van der Waals surface area contributed by atoms with Crippen molar-refractivity contribution in [2.24, 2.45) is 0 Å². The first-order chi connectivity index (χ1) is 7.93. The van der Waals surface area contributed by atoms with E-state index in [1.165, 1.54) is 0 Å². The molecule has 0 radical (unpaired) electrons. The summed E-state index contributed by atoms with van der Waals surface area (Å²) in [5.74, 6) is 0.953. The van der Waals surface area contributed by atoms with E-state index in [-0.39, 0.29) is 0 Å². The number of hydrogen-bond donors (Lipinski definition) is 2. The molecule has 0 bridgehead atoms. The molecular formula is C10H14N5O+. The summed E-state index contributed by atoms with van der Waals surface area (Å²) >= 11 is 0. The van der Waals surface area contributed by atoms with E-state index in [9.17, 15) is 0 Å². The summed E-state index contributed by atoms with van der Waals surface area (Å²) in [5, 5.41) is 3.46. The van der Waals surface area contributed by atoms with Crippen LogP contribution in [0.4, 0.5) is 5.82 Å². The van der Waals surface area contributed by atoms with Gasteiger partial charge in [-0.05, 0) is 0 Å². The van der Waals surface area contributed by atoms with Crippen LogP contribution < -0.4 is 10.3 Å². The molecule has 0 aromatic carbocycles. The molecule has 84 valence electrons. The minimum absolute atomic E-state index is 0.457. The number of rotatable bonds is 2. The Morgan fingerprint density at radius 1 is 1.38 bits per heavy atom. The Hall–Kier alpha value is -1.69. The van der Waals surface area contributed by atoms with Crippen LogP contribution in [0.5, 0.6) is 0 Å². The first kappa shape index (κ1) is 9.53. The highest BCUT2D eigenvalue weighted by Crippen LogP contribution is 2.16. The molecule has 3 N–H and O–H groups in total. The van der Waals surface area contributed by atoms with E-state index in [1.54, 1.807) is 12.7 Å². The largest absolute Gasteiger partial charge is 0.381 e. The number of H-pyrrole nitrogens is 2. The minimum atomic E-state index is 0.457. The highest BCUT2D eigenvalue weighted by molar-refractivity contribution is 5.79. The maximum atomic E-state index is 5.33. The average Bonchev–Trinajstić information content (AvgIpc) is 2.80. The number of imidazole rings is 1. The van der Waals surface area contributed by atoms with Gasteiger partial charge in [-0.3, -0.25) is 0 Å². The summed E-state index contributed by atoms with van der Waals surface area (Å²) in [6.45, 7) is 1.66. The number of fused-ring (bicyclic) bond motifs is 1. The highest BCUT2D eigenvalue weighted by atomic mass is 16.5. The molecule has 6 heteroatoms. The van der Waals surface area contributed by atoms with Crippen molar-refractivity contribution in [3.05, 3.63) is 12.7 Å². The van der Waals surface area contributed by atoms with Gasteiger partial charge in [0.25, 0.3) is 5.65 Å². The molecule has 2 aromatic heterocycles. The van der Waals surface area contributed by atoms with Crippen LogP contribution in [0.2, 0.25) is 0 Å². The molecular weight excluding hydrogens is 206 g/mol. The number of nitrogens with zero attached hydrogens (tertiary/aromatic N) is 2. The molecule has 3 rings (SSSR count). The van der Waals surface area contributed by atoms with Crippen LogP contribution in [0.25, 0.3) is 11.2 Å². The van der Waals surface area contributed by atoms with Crippen molar-refractivity contribution in [3.63, 3.8) is 0 Å². The molecule has 2 aromatic rings. The highest BCUT2D eigenvalue weighted by Gasteiger charge is 2.19. The lowest BCUT2D eigenvalue weighted by molar-refractivity contribution is -0.364. The van der Waals surface area contributed by atoms with Crippen LogP contribution in [0.1, 0.15) is 12.8 Å². The second kappa shape index (κ2) is 4.05. The predicted octanol–water partition coefficient (Wildman–Crippen LogP) is 0.363. The summed E-state index contributed by atoms with van der Waals surface area (Å²) in [6, 6.07) is 0.457. The zero-order chi connectivity index (χ0) is 10.8. The average molecular weight is 220 g/mol. The molecule has 1 fully saturated rings. The second-order valence-corrected chi connectivity index (χ2v) is 3.91. The van der Waals surface area contributed by atoms with Crippen LogP contribution in [0.3, 0.4) is 0 Å². The van der Waals surface area contributed by atoms with Crippen LogP contribution >= 0.6 is 0 Å². The third kappa shape index (κ3) is 1.71. The molecule has 0 unspecified atom stereocenters. The maximum Gasteiger partial charge on any atom is 0.260 e. The summed E-state index contributed by atoms with van der Waals surface area (Å²) in [5.41, 5.74) is 1.65. The topological polar surface area (TPSA) is 77.0 Å². The van der Waals surface area contributed by atoms with Crippen molar-refractivity contribution < 1.29 is 9.72 Å². The molecule has 0 spiro atoms. The zero-order valence-electron chi connectivity index (χ0n) is 8.86. The van der Waals surface area contributed by atoms with Gasteiger partial charge in [0.15, 0.2) is 5.52 Å².